The Balaban J connectivity index is 2.08. The molecule has 1 fully saturated rings. The Bertz CT molecular complexity index is 392. The molecular formula is C15H20O2. The van der Waals surface area contributed by atoms with Crippen molar-refractivity contribution >= 4 is 5.97 Å². The van der Waals surface area contributed by atoms with Crippen LogP contribution >= 0.6 is 0 Å². The molecule has 0 aromatic heterocycles. The van der Waals surface area contributed by atoms with Crippen molar-refractivity contribution in [1.29, 1.82) is 0 Å². The SMILES string of the molecule is CC(Cc1cccc(C2CCCC2)c1)C(=O)O. The van der Waals surface area contributed by atoms with Crippen molar-refractivity contribution in [2.24, 2.45) is 5.92 Å². The van der Waals surface area contributed by atoms with Crippen LogP contribution in [0.5, 0.6) is 0 Å². The number of hydrogen-bond donors (Lipinski definition) is 1. The highest BCUT2D eigenvalue weighted by Gasteiger charge is 2.18. The predicted octanol–water partition coefficient (Wildman–Crippen LogP) is 3.61. The smallest absolute Gasteiger partial charge is 0.306 e. The van der Waals surface area contributed by atoms with Crippen molar-refractivity contribution < 1.29 is 9.90 Å². The molecule has 0 heterocycles. The van der Waals surface area contributed by atoms with Crippen molar-refractivity contribution in [2.45, 2.75) is 44.9 Å². The van der Waals surface area contributed by atoms with E-state index < -0.39 is 5.97 Å². The van der Waals surface area contributed by atoms with E-state index in [9.17, 15) is 4.79 Å². The third-order valence-electron chi connectivity index (χ3n) is 3.74. The lowest BCUT2D eigenvalue weighted by atomic mass is 9.93. The lowest BCUT2D eigenvalue weighted by molar-refractivity contribution is -0.141. The van der Waals surface area contributed by atoms with Gasteiger partial charge in [-0.3, -0.25) is 4.79 Å². The van der Waals surface area contributed by atoms with E-state index >= 15 is 0 Å². The molecule has 0 bridgehead atoms. The molecule has 0 spiro atoms. The van der Waals surface area contributed by atoms with Gasteiger partial charge in [0.2, 0.25) is 0 Å². The van der Waals surface area contributed by atoms with E-state index in [1.807, 2.05) is 6.07 Å². The number of rotatable bonds is 4. The second-order valence-electron chi connectivity index (χ2n) is 5.17. The second-order valence-corrected chi connectivity index (χ2v) is 5.17. The molecule has 0 amide bonds. The highest BCUT2D eigenvalue weighted by Crippen LogP contribution is 2.34. The van der Waals surface area contributed by atoms with Crippen molar-refractivity contribution in [3.8, 4) is 0 Å². The van der Waals surface area contributed by atoms with Gasteiger partial charge in [0.1, 0.15) is 0 Å². The Morgan fingerprint density at radius 3 is 2.76 bits per heavy atom. The minimum Gasteiger partial charge on any atom is -0.481 e. The molecule has 2 rings (SSSR count). The van der Waals surface area contributed by atoms with E-state index in [-0.39, 0.29) is 5.92 Å². The zero-order valence-corrected chi connectivity index (χ0v) is 10.4. The normalized spacial score (nSPS) is 18.2. The van der Waals surface area contributed by atoms with Gasteiger partial charge in [0.15, 0.2) is 0 Å². The summed E-state index contributed by atoms with van der Waals surface area (Å²) in [5.74, 6) is -0.305. The van der Waals surface area contributed by atoms with Crippen LogP contribution in [-0.4, -0.2) is 11.1 Å². The van der Waals surface area contributed by atoms with E-state index in [1.54, 1.807) is 6.92 Å². The summed E-state index contributed by atoms with van der Waals surface area (Å²) in [7, 11) is 0. The third kappa shape index (κ3) is 3.09. The van der Waals surface area contributed by atoms with Gasteiger partial charge < -0.3 is 5.11 Å². The van der Waals surface area contributed by atoms with Gasteiger partial charge in [-0.1, -0.05) is 44.0 Å². The minimum atomic E-state index is -0.712. The first-order chi connectivity index (χ1) is 8.16. The minimum absolute atomic E-state index is 0.297. The molecule has 1 saturated carbocycles. The van der Waals surface area contributed by atoms with E-state index in [1.165, 1.54) is 31.2 Å². The summed E-state index contributed by atoms with van der Waals surface area (Å²) >= 11 is 0. The molecule has 1 aromatic rings. The molecule has 92 valence electrons. The van der Waals surface area contributed by atoms with Crippen LogP contribution in [0.2, 0.25) is 0 Å². The van der Waals surface area contributed by atoms with Crippen LogP contribution in [0.15, 0.2) is 24.3 Å². The Kier molecular flexibility index (Phi) is 3.82. The van der Waals surface area contributed by atoms with Crippen molar-refractivity contribution in [1.82, 2.24) is 0 Å². The van der Waals surface area contributed by atoms with Gasteiger partial charge in [-0.25, -0.2) is 0 Å². The molecule has 1 aliphatic rings. The Morgan fingerprint density at radius 2 is 2.12 bits per heavy atom. The predicted molar refractivity (Wildman–Crippen MR) is 68.2 cm³/mol. The number of carboxylic acid groups (broad SMARTS) is 1. The van der Waals surface area contributed by atoms with E-state index in [2.05, 4.69) is 18.2 Å². The fourth-order valence-corrected chi connectivity index (χ4v) is 2.67. The number of carbonyl (C=O) groups is 1. The summed E-state index contributed by atoms with van der Waals surface area (Å²) in [6.45, 7) is 1.77. The van der Waals surface area contributed by atoms with Crippen molar-refractivity contribution in [3.05, 3.63) is 35.4 Å². The quantitative estimate of drug-likeness (QED) is 0.861. The van der Waals surface area contributed by atoms with Gasteiger partial charge in [-0.15, -0.1) is 0 Å². The van der Waals surface area contributed by atoms with Gasteiger partial charge in [0.05, 0.1) is 5.92 Å². The number of carboxylic acids is 1. The zero-order chi connectivity index (χ0) is 12.3. The first-order valence-electron chi connectivity index (χ1n) is 6.48. The van der Waals surface area contributed by atoms with Gasteiger partial charge in [-0.2, -0.15) is 0 Å². The summed E-state index contributed by atoms with van der Waals surface area (Å²) < 4.78 is 0. The van der Waals surface area contributed by atoms with Crippen LogP contribution in [-0.2, 0) is 11.2 Å². The fraction of sp³-hybridized carbons (Fsp3) is 0.533. The van der Waals surface area contributed by atoms with E-state index in [4.69, 9.17) is 5.11 Å². The summed E-state index contributed by atoms with van der Waals surface area (Å²) in [5, 5.41) is 8.92. The molecule has 1 aromatic carbocycles. The van der Waals surface area contributed by atoms with Crippen LogP contribution in [0, 0.1) is 5.92 Å². The summed E-state index contributed by atoms with van der Waals surface area (Å²) in [5.41, 5.74) is 2.56. The lowest BCUT2D eigenvalue weighted by Gasteiger charge is -2.12. The maximum atomic E-state index is 10.8. The number of benzene rings is 1. The third-order valence-corrected chi connectivity index (χ3v) is 3.74. The molecule has 1 atom stereocenters. The van der Waals surface area contributed by atoms with Gasteiger partial charge in [0, 0.05) is 0 Å². The van der Waals surface area contributed by atoms with Crippen LogP contribution in [0.1, 0.15) is 49.7 Å². The zero-order valence-electron chi connectivity index (χ0n) is 10.4. The first-order valence-corrected chi connectivity index (χ1v) is 6.48. The van der Waals surface area contributed by atoms with Crippen LogP contribution in [0.25, 0.3) is 0 Å². The van der Waals surface area contributed by atoms with Crippen LogP contribution < -0.4 is 0 Å². The Labute approximate surface area is 103 Å². The van der Waals surface area contributed by atoms with E-state index in [0.717, 1.165) is 5.56 Å². The molecule has 1 aliphatic carbocycles. The van der Waals surface area contributed by atoms with Crippen molar-refractivity contribution in [2.75, 3.05) is 0 Å². The van der Waals surface area contributed by atoms with E-state index in [0.29, 0.717) is 12.3 Å². The average Bonchev–Trinajstić information content (AvgIpc) is 2.82. The Morgan fingerprint density at radius 1 is 1.41 bits per heavy atom. The summed E-state index contributed by atoms with van der Waals surface area (Å²) in [6.07, 6.45) is 5.88. The topological polar surface area (TPSA) is 37.3 Å². The molecule has 1 N–H and O–H groups in total. The van der Waals surface area contributed by atoms with Gasteiger partial charge in [0.25, 0.3) is 0 Å². The maximum absolute atomic E-state index is 10.8. The number of aliphatic carboxylic acids is 1. The first kappa shape index (κ1) is 12.2. The lowest BCUT2D eigenvalue weighted by Crippen LogP contribution is -2.12. The molecule has 0 radical (unpaired) electrons. The molecule has 0 aliphatic heterocycles. The van der Waals surface area contributed by atoms with Gasteiger partial charge >= 0.3 is 5.97 Å². The summed E-state index contributed by atoms with van der Waals surface area (Å²) in [4.78, 5) is 10.8. The largest absolute Gasteiger partial charge is 0.481 e. The molecule has 2 nitrogen and oxygen atoms in total. The van der Waals surface area contributed by atoms with Crippen LogP contribution in [0.3, 0.4) is 0 Å². The second kappa shape index (κ2) is 5.35. The average molecular weight is 232 g/mol. The molecule has 0 saturated heterocycles. The molecule has 1 unspecified atom stereocenters. The van der Waals surface area contributed by atoms with Crippen LogP contribution in [0.4, 0.5) is 0 Å². The highest BCUT2D eigenvalue weighted by molar-refractivity contribution is 5.69. The van der Waals surface area contributed by atoms with Crippen molar-refractivity contribution in [3.63, 3.8) is 0 Å². The highest BCUT2D eigenvalue weighted by atomic mass is 16.4. The molecule has 17 heavy (non-hydrogen) atoms. The summed E-state index contributed by atoms with van der Waals surface area (Å²) in [6, 6.07) is 8.50. The standard InChI is InChI=1S/C15H20O2/c1-11(15(16)17)9-12-5-4-8-14(10-12)13-6-2-3-7-13/h4-5,8,10-11,13H,2-3,6-7,9H2,1H3,(H,16,17). The molecule has 2 heteroatoms. The Hall–Kier alpha value is -1.31. The fourth-order valence-electron chi connectivity index (χ4n) is 2.67. The monoisotopic (exact) mass is 232 g/mol. The number of hydrogen-bond acceptors (Lipinski definition) is 1. The van der Waals surface area contributed by atoms with Gasteiger partial charge in [-0.05, 0) is 36.3 Å². The molecular weight excluding hydrogens is 212 g/mol. The maximum Gasteiger partial charge on any atom is 0.306 e.